The highest BCUT2D eigenvalue weighted by molar-refractivity contribution is 5.76. The third kappa shape index (κ3) is 11.0. The van der Waals surface area contributed by atoms with Crippen molar-refractivity contribution in [3.8, 4) is 0 Å². The lowest BCUT2D eigenvalue weighted by atomic mass is 9.76. The molecule has 1 N–H and O–H groups in total. The molecule has 0 spiro atoms. The van der Waals surface area contributed by atoms with Crippen LogP contribution in [0.15, 0.2) is 66.7 Å². The second kappa shape index (κ2) is 17.3. The highest BCUT2D eigenvalue weighted by Crippen LogP contribution is 2.44. The van der Waals surface area contributed by atoms with Crippen molar-refractivity contribution in [2.24, 2.45) is 0 Å². The van der Waals surface area contributed by atoms with E-state index >= 15 is 0 Å². The molecule has 3 heterocycles. The summed E-state index contributed by atoms with van der Waals surface area (Å²) in [5, 5.41) is 2.31. The van der Waals surface area contributed by atoms with Crippen LogP contribution < -0.4 is 10.4 Å². The summed E-state index contributed by atoms with van der Waals surface area (Å²) in [5.74, 6) is 1.13. The van der Waals surface area contributed by atoms with Gasteiger partial charge < -0.3 is 4.57 Å². The fourth-order valence-corrected chi connectivity index (χ4v) is 7.16. The van der Waals surface area contributed by atoms with Crippen LogP contribution in [0.3, 0.4) is 0 Å². The predicted molar refractivity (Wildman–Crippen MR) is 200 cm³/mol. The average Bonchev–Trinajstić information content (AvgIpc) is 3.76. The Kier molecular flexibility index (Phi) is 13.5. The quantitative estimate of drug-likeness (QED) is 0.147. The van der Waals surface area contributed by atoms with Crippen molar-refractivity contribution in [1.82, 2.24) is 14.5 Å². The highest BCUT2D eigenvalue weighted by Gasteiger charge is 2.45. The molecule has 7 heteroatoms. The Morgan fingerprint density at radius 2 is 1.60 bits per heavy atom. The molecule has 4 aliphatic rings. The summed E-state index contributed by atoms with van der Waals surface area (Å²) >= 11 is 0. The van der Waals surface area contributed by atoms with Gasteiger partial charge in [0.1, 0.15) is 17.3 Å². The van der Waals surface area contributed by atoms with Crippen molar-refractivity contribution < 1.29 is 9.18 Å². The van der Waals surface area contributed by atoms with Gasteiger partial charge in [-0.2, -0.15) is 0 Å². The first-order valence-electron chi connectivity index (χ1n) is 18.2. The number of carbonyl (C=O) groups is 1. The minimum atomic E-state index is -1.33. The van der Waals surface area contributed by atoms with Gasteiger partial charge in [-0.25, -0.2) is 9.37 Å². The van der Waals surface area contributed by atoms with Gasteiger partial charge in [-0.15, -0.1) is 0 Å². The van der Waals surface area contributed by atoms with E-state index in [1.54, 1.807) is 0 Å². The molecular weight excluding hydrogens is 597 g/mol. The molecule has 2 aliphatic heterocycles. The maximum absolute atomic E-state index is 12.4. The molecule has 6 nitrogen and oxygen atoms in total. The summed E-state index contributed by atoms with van der Waals surface area (Å²) in [6.07, 6.45) is 11.1. The van der Waals surface area contributed by atoms with Gasteiger partial charge in [0.2, 0.25) is 0 Å². The number of ketones is 1. The number of halogens is 1. The van der Waals surface area contributed by atoms with E-state index in [0.29, 0.717) is 6.04 Å². The summed E-state index contributed by atoms with van der Waals surface area (Å²) in [6, 6.07) is 21.5. The number of hydrogen-bond donors (Lipinski definition) is 1. The zero-order valence-electron chi connectivity index (χ0n) is 30.7. The molecule has 2 saturated carbocycles. The Balaban J connectivity index is 0.000000367. The van der Waals surface area contributed by atoms with E-state index in [4.69, 9.17) is 4.98 Å². The summed E-state index contributed by atoms with van der Waals surface area (Å²) in [5.41, 5.74) is 10.2. The molecule has 2 aromatic carbocycles. The molecule has 4 fully saturated rings. The van der Waals surface area contributed by atoms with Crippen molar-refractivity contribution in [1.29, 1.82) is 0 Å². The minimum Gasteiger partial charge on any atom is -0.329 e. The number of benzene rings is 2. The van der Waals surface area contributed by atoms with E-state index in [2.05, 4.69) is 109 Å². The van der Waals surface area contributed by atoms with Gasteiger partial charge in [0.15, 0.2) is 0 Å². The number of aromatic nitrogens is 2. The number of hydrazine groups is 1. The van der Waals surface area contributed by atoms with Crippen molar-refractivity contribution in [2.45, 2.75) is 136 Å². The van der Waals surface area contributed by atoms with Gasteiger partial charge in [0, 0.05) is 43.3 Å². The monoisotopic (exact) mass is 657 g/mol. The number of nitrogens with one attached hydrogen (secondary N) is 1. The largest absolute Gasteiger partial charge is 0.329 e. The van der Waals surface area contributed by atoms with Crippen LogP contribution in [0.1, 0.15) is 115 Å². The lowest BCUT2D eigenvalue weighted by Gasteiger charge is -2.56. The SMILES string of the molecule is C=C1CC1.CC(=O)CC(C)(C)F.CCCc1c(CC)nc(C)n1C1CC2CC(C1)N2CCCN(Nc1ccc(C)cc1)c1ccccc1. The highest BCUT2D eigenvalue weighted by atomic mass is 19.1. The lowest BCUT2D eigenvalue weighted by molar-refractivity contribution is -0.119. The Morgan fingerprint density at radius 1 is 1.00 bits per heavy atom. The summed E-state index contributed by atoms with van der Waals surface area (Å²) in [4.78, 5) is 18.0. The van der Waals surface area contributed by atoms with Crippen LogP contribution in [0.25, 0.3) is 0 Å². The number of Topliss-reactive ketones (excluding diaryl/α,β-unsaturated/α-hetero) is 1. The van der Waals surface area contributed by atoms with Crippen LogP contribution in [-0.2, 0) is 17.6 Å². The molecule has 262 valence electrons. The smallest absolute Gasteiger partial charge is 0.133 e. The number of alkyl halides is 1. The van der Waals surface area contributed by atoms with Crippen molar-refractivity contribution in [3.63, 3.8) is 0 Å². The molecule has 0 radical (unpaired) electrons. The fraction of sp³-hybridized carbons (Fsp3) is 0.561. The van der Waals surface area contributed by atoms with Crippen LogP contribution in [-0.4, -0.2) is 51.1 Å². The van der Waals surface area contributed by atoms with Crippen LogP contribution >= 0.6 is 0 Å². The minimum absolute atomic E-state index is 0.0208. The number of imidazole rings is 1. The van der Waals surface area contributed by atoms with Gasteiger partial charge >= 0.3 is 0 Å². The first-order valence-corrected chi connectivity index (χ1v) is 18.2. The van der Waals surface area contributed by atoms with Crippen LogP contribution in [0.4, 0.5) is 15.8 Å². The van der Waals surface area contributed by atoms with Gasteiger partial charge in [0.05, 0.1) is 17.1 Å². The Labute approximate surface area is 289 Å². The number of aryl methyl sites for hydroxylation is 3. The Hall–Kier alpha value is -3.45. The molecule has 7 rings (SSSR count). The third-order valence-corrected chi connectivity index (χ3v) is 9.48. The van der Waals surface area contributed by atoms with Gasteiger partial charge in [-0.05, 0) is 110 Å². The molecule has 3 aromatic rings. The molecular formula is C41H60FN5O. The summed E-state index contributed by atoms with van der Waals surface area (Å²) < 4.78 is 15.0. The summed E-state index contributed by atoms with van der Waals surface area (Å²) in [7, 11) is 0. The molecule has 1 aromatic heterocycles. The maximum atomic E-state index is 12.4. The second-order valence-electron chi connectivity index (χ2n) is 14.6. The molecule has 2 atom stereocenters. The number of anilines is 2. The van der Waals surface area contributed by atoms with E-state index in [9.17, 15) is 9.18 Å². The van der Waals surface area contributed by atoms with E-state index in [0.717, 1.165) is 43.6 Å². The van der Waals surface area contributed by atoms with Gasteiger partial charge in [-0.1, -0.05) is 68.3 Å². The van der Waals surface area contributed by atoms with Crippen molar-refractivity contribution >= 4 is 17.2 Å². The van der Waals surface area contributed by atoms with E-state index in [-0.39, 0.29) is 12.2 Å². The lowest BCUT2D eigenvalue weighted by Crippen LogP contribution is -2.61. The standard InChI is InChI=1S/C31H43N5.C6H11FO.C4H6/c1-5-11-31-30(6-2)32-24(4)36(31)29-21-27-20-28(22-29)34(27)18-10-19-35(26-12-8-7-9-13-26)33-25-16-14-23(3)15-17-25;1-5(8)4-6(2,3)7;1-4-2-3-4/h7-9,12-17,27-29,33H,5-6,10-11,18-22H2,1-4H3;4H2,1-3H3;1-3H2. The van der Waals surface area contributed by atoms with Crippen LogP contribution in [0.5, 0.6) is 0 Å². The first-order chi connectivity index (χ1) is 22.9. The zero-order valence-corrected chi connectivity index (χ0v) is 30.7. The number of fused-ring (bicyclic) bond motifs is 2. The Bertz CT molecular complexity index is 1440. The zero-order chi connectivity index (χ0) is 34.8. The topological polar surface area (TPSA) is 53.4 Å². The number of para-hydroxylation sites is 1. The number of nitrogens with zero attached hydrogens (tertiary/aromatic N) is 4. The fourth-order valence-electron chi connectivity index (χ4n) is 7.16. The number of piperidine rings is 1. The Morgan fingerprint density at radius 3 is 2.10 bits per heavy atom. The molecule has 48 heavy (non-hydrogen) atoms. The number of allylic oxidation sites excluding steroid dienone is 1. The van der Waals surface area contributed by atoms with E-state index < -0.39 is 5.67 Å². The first kappa shape index (κ1) is 37.4. The normalized spacial score (nSPS) is 19.7. The third-order valence-electron chi connectivity index (χ3n) is 9.48. The molecule has 2 aliphatic carbocycles. The number of hydrogen-bond acceptors (Lipinski definition) is 5. The number of rotatable bonds is 13. The number of carbonyl (C=O) groups excluding carboxylic acids is 1. The van der Waals surface area contributed by atoms with Gasteiger partial charge in [0.25, 0.3) is 0 Å². The van der Waals surface area contributed by atoms with Crippen molar-refractivity contribution in [3.05, 3.63) is 89.5 Å². The van der Waals surface area contributed by atoms with Crippen LogP contribution in [0.2, 0.25) is 0 Å². The van der Waals surface area contributed by atoms with E-state index in [1.807, 2.05) is 0 Å². The molecule has 2 bridgehead atoms. The molecule has 0 amide bonds. The van der Waals surface area contributed by atoms with Crippen molar-refractivity contribution in [2.75, 3.05) is 23.5 Å². The van der Waals surface area contributed by atoms with Crippen LogP contribution in [0, 0.1) is 13.8 Å². The molecule has 2 saturated heterocycles. The van der Waals surface area contributed by atoms with E-state index in [1.165, 1.54) is 99.9 Å². The average molecular weight is 658 g/mol. The maximum Gasteiger partial charge on any atom is 0.133 e. The molecule has 2 unspecified atom stereocenters. The van der Waals surface area contributed by atoms with Gasteiger partial charge in [-0.3, -0.25) is 20.1 Å². The summed E-state index contributed by atoms with van der Waals surface area (Å²) in [6.45, 7) is 18.9. The predicted octanol–water partition coefficient (Wildman–Crippen LogP) is 9.77. The second-order valence-corrected chi connectivity index (χ2v) is 14.6.